The van der Waals surface area contributed by atoms with Gasteiger partial charge in [-0.1, -0.05) is 6.92 Å². The van der Waals surface area contributed by atoms with Gasteiger partial charge < -0.3 is 15.0 Å². The molecule has 0 aromatic heterocycles. The van der Waals surface area contributed by atoms with Gasteiger partial charge in [0.2, 0.25) is 5.91 Å². The Morgan fingerprint density at radius 1 is 1.53 bits per heavy atom. The first kappa shape index (κ1) is 10.4. The molecular formula is C13H16N2O2. The van der Waals surface area contributed by atoms with Crippen molar-refractivity contribution in [1.82, 2.24) is 4.90 Å². The molecule has 4 nitrogen and oxygen atoms in total. The Bertz CT molecular complexity index is 500. The Morgan fingerprint density at radius 3 is 3.00 bits per heavy atom. The number of carbonyl (C=O) groups excluding carboxylic acids is 1. The van der Waals surface area contributed by atoms with Crippen LogP contribution in [0.5, 0.6) is 5.75 Å². The predicted octanol–water partition coefficient (Wildman–Crippen LogP) is 1.57. The maximum absolute atomic E-state index is 11.8. The Morgan fingerprint density at radius 2 is 2.29 bits per heavy atom. The molecule has 1 aromatic rings. The molecule has 0 radical (unpaired) electrons. The van der Waals surface area contributed by atoms with Crippen molar-refractivity contribution in [2.45, 2.75) is 24.9 Å². The molecule has 1 N–H and O–H groups in total. The van der Waals surface area contributed by atoms with E-state index in [0.717, 1.165) is 11.4 Å². The van der Waals surface area contributed by atoms with Crippen LogP contribution in [-0.2, 0) is 10.2 Å². The molecule has 17 heavy (non-hydrogen) atoms. The van der Waals surface area contributed by atoms with Crippen molar-refractivity contribution in [3.05, 3.63) is 23.8 Å². The van der Waals surface area contributed by atoms with E-state index in [-0.39, 0.29) is 17.5 Å². The van der Waals surface area contributed by atoms with Crippen molar-refractivity contribution in [2.24, 2.45) is 0 Å². The highest BCUT2D eigenvalue weighted by Crippen LogP contribution is 2.49. The summed E-state index contributed by atoms with van der Waals surface area (Å²) in [6.07, 6.45) is 0.624. The molecule has 1 amide bonds. The highest BCUT2D eigenvalue weighted by Gasteiger charge is 2.53. The fraction of sp³-hybridized carbons (Fsp3) is 0.462. The van der Waals surface area contributed by atoms with Crippen molar-refractivity contribution >= 4 is 11.6 Å². The second-order valence-electron chi connectivity index (χ2n) is 5.06. The van der Waals surface area contributed by atoms with E-state index in [0.29, 0.717) is 6.42 Å². The quantitative estimate of drug-likeness (QED) is 0.799. The number of hydrogen-bond donors (Lipinski definition) is 1. The lowest BCUT2D eigenvalue weighted by atomic mass is 9.81. The van der Waals surface area contributed by atoms with Crippen LogP contribution in [-0.4, -0.2) is 31.1 Å². The smallest absolute Gasteiger partial charge is 0.225 e. The fourth-order valence-electron chi connectivity index (χ4n) is 3.00. The minimum atomic E-state index is -0.143. The molecule has 2 aliphatic heterocycles. The Labute approximate surface area is 101 Å². The van der Waals surface area contributed by atoms with E-state index in [1.54, 1.807) is 12.0 Å². The molecule has 1 saturated heterocycles. The molecule has 1 fully saturated rings. The summed E-state index contributed by atoms with van der Waals surface area (Å²) in [5.41, 5.74) is 2.15. The number of methoxy groups -OCH3 is 1. The summed E-state index contributed by atoms with van der Waals surface area (Å²) in [5, 5.41) is 3.42. The normalized spacial score (nSPS) is 29.9. The number of likely N-dealkylation sites (tertiary alicyclic amines) is 1. The van der Waals surface area contributed by atoms with Crippen LogP contribution in [0.1, 0.15) is 18.9 Å². The zero-order chi connectivity index (χ0) is 12.2. The van der Waals surface area contributed by atoms with Crippen LogP contribution in [0, 0.1) is 0 Å². The van der Waals surface area contributed by atoms with E-state index in [1.165, 1.54) is 5.56 Å². The summed E-state index contributed by atoms with van der Waals surface area (Å²) in [7, 11) is 3.52. The number of fused-ring (bicyclic) bond motifs is 3. The van der Waals surface area contributed by atoms with E-state index in [2.05, 4.69) is 12.2 Å². The molecule has 90 valence electrons. The van der Waals surface area contributed by atoms with E-state index in [9.17, 15) is 4.79 Å². The van der Waals surface area contributed by atoms with Crippen molar-refractivity contribution in [1.29, 1.82) is 0 Å². The van der Waals surface area contributed by atoms with Crippen molar-refractivity contribution in [2.75, 3.05) is 19.5 Å². The molecular weight excluding hydrogens is 216 g/mol. The molecule has 0 saturated carbocycles. The number of hydrogen-bond acceptors (Lipinski definition) is 3. The summed E-state index contributed by atoms with van der Waals surface area (Å²) < 4.78 is 5.26. The minimum Gasteiger partial charge on any atom is -0.497 e. The van der Waals surface area contributed by atoms with Crippen LogP contribution < -0.4 is 10.1 Å². The summed E-state index contributed by atoms with van der Waals surface area (Å²) in [6, 6.07) is 6.00. The number of likely N-dealkylation sites (N-methyl/N-ethyl adjacent to an activating group) is 1. The number of rotatable bonds is 1. The largest absolute Gasteiger partial charge is 0.497 e. The first-order valence-electron chi connectivity index (χ1n) is 5.77. The third kappa shape index (κ3) is 1.21. The van der Waals surface area contributed by atoms with E-state index < -0.39 is 0 Å². The first-order valence-corrected chi connectivity index (χ1v) is 5.77. The number of carbonyl (C=O) groups is 1. The second kappa shape index (κ2) is 3.15. The molecule has 4 heteroatoms. The number of nitrogens with one attached hydrogen (secondary N) is 1. The molecule has 2 heterocycles. The minimum absolute atomic E-state index is 0.0668. The highest BCUT2D eigenvalue weighted by molar-refractivity contribution is 5.85. The molecule has 0 spiro atoms. The lowest BCUT2D eigenvalue weighted by Crippen LogP contribution is -2.40. The summed E-state index contributed by atoms with van der Waals surface area (Å²) >= 11 is 0. The van der Waals surface area contributed by atoms with Crippen LogP contribution >= 0.6 is 0 Å². The second-order valence-corrected chi connectivity index (χ2v) is 5.06. The monoisotopic (exact) mass is 232 g/mol. The maximum atomic E-state index is 11.8. The Kier molecular flexibility index (Phi) is 1.94. The van der Waals surface area contributed by atoms with Gasteiger partial charge in [0.05, 0.1) is 7.11 Å². The molecule has 2 aliphatic rings. The summed E-state index contributed by atoms with van der Waals surface area (Å²) in [6.45, 7) is 2.14. The van der Waals surface area contributed by atoms with Gasteiger partial charge in [0.15, 0.2) is 0 Å². The number of benzene rings is 1. The van der Waals surface area contributed by atoms with Crippen LogP contribution in [0.25, 0.3) is 0 Å². The number of amides is 1. The standard InChI is InChI=1S/C13H16N2O2/c1-13-7-11(16)15(2)12(13)14-10-5-4-8(17-3)6-9(10)13/h4-6,12,14H,7H2,1-3H3/t12?,13-/m1/s1. The fourth-order valence-corrected chi connectivity index (χ4v) is 3.00. The number of anilines is 1. The van der Waals surface area contributed by atoms with Gasteiger partial charge in [-0.15, -0.1) is 0 Å². The topological polar surface area (TPSA) is 41.6 Å². The molecule has 0 bridgehead atoms. The highest BCUT2D eigenvalue weighted by atomic mass is 16.5. The lowest BCUT2D eigenvalue weighted by Gasteiger charge is -2.26. The first-order chi connectivity index (χ1) is 8.06. The van der Waals surface area contributed by atoms with Crippen molar-refractivity contribution in [3.8, 4) is 5.75 Å². The zero-order valence-corrected chi connectivity index (χ0v) is 10.3. The van der Waals surface area contributed by atoms with Gasteiger partial charge in [-0.2, -0.15) is 0 Å². The van der Waals surface area contributed by atoms with Gasteiger partial charge in [0, 0.05) is 24.6 Å². The molecule has 1 aromatic carbocycles. The van der Waals surface area contributed by atoms with E-state index in [4.69, 9.17) is 4.74 Å². The molecule has 3 rings (SSSR count). The third-order valence-electron chi connectivity index (χ3n) is 4.04. The average molecular weight is 232 g/mol. The summed E-state index contributed by atoms with van der Waals surface area (Å²) in [4.78, 5) is 13.6. The van der Waals surface area contributed by atoms with Crippen LogP contribution in [0.15, 0.2) is 18.2 Å². The van der Waals surface area contributed by atoms with Gasteiger partial charge in [-0.25, -0.2) is 0 Å². The SMILES string of the molecule is COc1ccc2c(c1)[C@@]1(C)CC(=O)N(C)C1N2. The summed E-state index contributed by atoms with van der Waals surface area (Å²) in [5.74, 6) is 1.04. The predicted molar refractivity (Wildman–Crippen MR) is 65.1 cm³/mol. The van der Waals surface area contributed by atoms with Gasteiger partial charge in [0.25, 0.3) is 0 Å². The average Bonchev–Trinajstić information content (AvgIpc) is 2.71. The van der Waals surface area contributed by atoms with E-state index in [1.807, 2.05) is 25.2 Å². The Balaban J connectivity index is 2.12. The van der Waals surface area contributed by atoms with Gasteiger partial charge in [0.1, 0.15) is 11.9 Å². The Hall–Kier alpha value is -1.71. The van der Waals surface area contributed by atoms with Crippen molar-refractivity contribution in [3.63, 3.8) is 0 Å². The van der Waals surface area contributed by atoms with Crippen molar-refractivity contribution < 1.29 is 9.53 Å². The van der Waals surface area contributed by atoms with Crippen LogP contribution in [0.2, 0.25) is 0 Å². The van der Waals surface area contributed by atoms with Crippen LogP contribution in [0.4, 0.5) is 5.69 Å². The van der Waals surface area contributed by atoms with Gasteiger partial charge >= 0.3 is 0 Å². The number of nitrogens with zero attached hydrogens (tertiary/aromatic N) is 1. The number of ether oxygens (including phenoxy) is 1. The van der Waals surface area contributed by atoms with Crippen LogP contribution in [0.3, 0.4) is 0 Å². The van der Waals surface area contributed by atoms with Gasteiger partial charge in [-0.3, -0.25) is 4.79 Å². The molecule has 0 aliphatic carbocycles. The maximum Gasteiger partial charge on any atom is 0.225 e. The third-order valence-corrected chi connectivity index (χ3v) is 4.04. The zero-order valence-electron chi connectivity index (χ0n) is 10.3. The van der Waals surface area contributed by atoms with Gasteiger partial charge in [-0.05, 0) is 23.8 Å². The lowest BCUT2D eigenvalue weighted by molar-refractivity contribution is -0.127. The molecule has 1 unspecified atom stereocenters. The van der Waals surface area contributed by atoms with E-state index >= 15 is 0 Å². The molecule has 2 atom stereocenters.